The third-order valence-corrected chi connectivity index (χ3v) is 5.52. The maximum absolute atomic E-state index is 12.9. The number of pyridine rings is 1. The Hall–Kier alpha value is -2.79. The van der Waals surface area contributed by atoms with Crippen LogP contribution in [0.4, 0.5) is 18.9 Å². The molecule has 0 fully saturated rings. The summed E-state index contributed by atoms with van der Waals surface area (Å²) in [4.78, 5) is 25.0. The summed E-state index contributed by atoms with van der Waals surface area (Å²) in [6.07, 6.45) is -0.0228. The Kier molecular flexibility index (Phi) is 6.83. The fourth-order valence-corrected chi connectivity index (χ4v) is 3.74. The first-order valence-electron chi connectivity index (χ1n) is 8.46. The lowest BCUT2D eigenvalue weighted by Gasteiger charge is -2.11. The van der Waals surface area contributed by atoms with Crippen LogP contribution < -0.4 is 5.32 Å². The summed E-state index contributed by atoms with van der Waals surface area (Å²) >= 11 is 1.23. The van der Waals surface area contributed by atoms with Crippen molar-refractivity contribution in [1.29, 1.82) is 0 Å². The molecule has 6 nitrogen and oxygen atoms in total. The minimum Gasteiger partial charge on any atom is -0.322 e. The van der Waals surface area contributed by atoms with E-state index in [1.165, 1.54) is 48.6 Å². The van der Waals surface area contributed by atoms with Crippen molar-refractivity contribution in [3.8, 4) is 0 Å². The number of hydrogen-bond donors (Lipinski definition) is 1. The van der Waals surface area contributed by atoms with Gasteiger partial charge in [0.2, 0.25) is 5.16 Å². The van der Waals surface area contributed by atoms with Gasteiger partial charge in [0.15, 0.2) is 0 Å². The minimum absolute atomic E-state index is 0.0282. The van der Waals surface area contributed by atoms with Crippen LogP contribution in [0.15, 0.2) is 65.0 Å². The van der Waals surface area contributed by atoms with Gasteiger partial charge in [-0.05, 0) is 36.4 Å². The molecule has 0 aliphatic rings. The molecule has 2 heterocycles. The van der Waals surface area contributed by atoms with Gasteiger partial charge in [-0.15, -0.1) is 0 Å². The Labute approximate surface area is 176 Å². The van der Waals surface area contributed by atoms with E-state index < -0.39 is 28.4 Å². The number of nitrogens with zero attached hydrogens (tertiary/aromatic N) is 3. The average molecular weight is 452 g/mol. The van der Waals surface area contributed by atoms with Crippen molar-refractivity contribution in [1.82, 2.24) is 15.0 Å². The molecule has 1 unspecified atom stereocenters. The molecule has 0 spiro atoms. The Morgan fingerprint density at radius 3 is 2.67 bits per heavy atom. The van der Waals surface area contributed by atoms with Crippen LogP contribution >= 0.6 is 11.8 Å². The topological polar surface area (TPSA) is 84.8 Å². The van der Waals surface area contributed by atoms with E-state index in [9.17, 15) is 22.2 Å². The third-order valence-electron chi connectivity index (χ3n) is 3.77. The van der Waals surface area contributed by atoms with Crippen LogP contribution in [0.3, 0.4) is 0 Å². The smallest absolute Gasteiger partial charge is 0.322 e. The molecule has 3 aromatic rings. The molecule has 1 atom stereocenters. The standard InChI is InChI=1S/C19H15F3N4O2S2/c1-30(28)18-24-9-7-14(26-18)11-29-17-15(6-3-8-23-17)16(27)25-13-5-2-4-12(10-13)19(20,21)22/h2-10H,11H2,1H3,(H,25,27). The molecule has 156 valence electrons. The van der Waals surface area contributed by atoms with E-state index in [4.69, 9.17) is 0 Å². The number of aromatic nitrogens is 3. The summed E-state index contributed by atoms with van der Waals surface area (Å²) in [5.74, 6) is -0.240. The van der Waals surface area contributed by atoms with Crippen molar-refractivity contribution in [3.05, 3.63) is 71.7 Å². The number of carbonyl (C=O) groups excluding carboxylic acids is 1. The highest BCUT2D eigenvalue weighted by Crippen LogP contribution is 2.31. The number of rotatable bonds is 6. The van der Waals surface area contributed by atoms with Crippen molar-refractivity contribution in [2.24, 2.45) is 0 Å². The molecule has 0 bridgehead atoms. The summed E-state index contributed by atoms with van der Waals surface area (Å²) in [6, 6.07) is 9.16. The molecule has 11 heteroatoms. The van der Waals surface area contributed by atoms with E-state index in [1.54, 1.807) is 12.1 Å². The highest BCUT2D eigenvalue weighted by atomic mass is 32.2. The molecular weight excluding hydrogens is 437 g/mol. The molecule has 0 radical (unpaired) electrons. The van der Waals surface area contributed by atoms with Crippen LogP contribution in [0, 0.1) is 0 Å². The second kappa shape index (κ2) is 9.35. The van der Waals surface area contributed by atoms with Crippen LogP contribution in [-0.4, -0.2) is 31.3 Å². The Morgan fingerprint density at radius 1 is 1.13 bits per heavy atom. The number of benzene rings is 1. The number of anilines is 1. The van der Waals surface area contributed by atoms with Gasteiger partial charge >= 0.3 is 6.18 Å². The molecule has 30 heavy (non-hydrogen) atoms. The van der Waals surface area contributed by atoms with Gasteiger partial charge in [-0.25, -0.2) is 15.0 Å². The molecule has 3 rings (SSSR count). The Balaban J connectivity index is 1.76. The molecule has 0 aliphatic heterocycles. The quantitative estimate of drug-likeness (QED) is 0.446. The first kappa shape index (κ1) is 21.9. The van der Waals surface area contributed by atoms with Gasteiger partial charge < -0.3 is 5.32 Å². The van der Waals surface area contributed by atoms with Crippen molar-refractivity contribution in [3.63, 3.8) is 0 Å². The summed E-state index contributed by atoms with van der Waals surface area (Å²) < 4.78 is 50.1. The number of hydrogen-bond acceptors (Lipinski definition) is 6. The summed E-state index contributed by atoms with van der Waals surface area (Å²) in [7, 11) is -1.32. The number of amides is 1. The summed E-state index contributed by atoms with van der Waals surface area (Å²) in [5.41, 5.74) is -0.00203. The predicted molar refractivity (Wildman–Crippen MR) is 108 cm³/mol. The van der Waals surface area contributed by atoms with E-state index in [0.717, 1.165) is 12.1 Å². The summed E-state index contributed by atoms with van der Waals surface area (Å²) in [6.45, 7) is 0. The molecule has 1 amide bonds. The normalized spacial score (nSPS) is 12.4. The van der Waals surface area contributed by atoms with Crippen molar-refractivity contribution < 1.29 is 22.2 Å². The van der Waals surface area contributed by atoms with Crippen molar-refractivity contribution in [2.75, 3.05) is 11.6 Å². The van der Waals surface area contributed by atoms with Crippen molar-refractivity contribution >= 4 is 34.2 Å². The van der Waals surface area contributed by atoms with Crippen molar-refractivity contribution in [2.45, 2.75) is 22.1 Å². The lowest BCUT2D eigenvalue weighted by atomic mass is 10.2. The van der Waals surface area contributed by atoms with Gasteiger partial charge in [0.25, 0.3) is 5.91 Å². The minimum atomic E-state index is -4.51. The lowest BCUT2D eigenvalue weighted by Crippen LogP contribution is -2.14. The number of carbonyl (C=O) groups is 1. The van der Waals surface area contributed by atoms with Crippen LogP contribution in [0.1, 0.15) is 21.6 Å². The van der Waals surface area contributed by atoms with E-state index >= 15 is 0 Å². The van der Waals surface area contributed by atoms with Gasteiger partial charge in [0.05, 0.1) is 27.6 Å². The Bertz CT molecular complexity index is 1090. The van der Waals surface area contributed by atoms with Gasteiger partial charge in [-0.2, -0.15) is 13.2 Å². The van der Waals surface area contributed by atoms with E-state index in [-0.39, 0.29) is 16.4 Å². The first-order chi connectivity index (χ1) is 14.2. The third kappa shape index (κ3) is 5.63. The molecule has 0 saturated heterocycles. The second-order valence-electron chi connectivity index (χ2n) is 5.96. The Morgan fingerprint density at radius 2 is 1.93 bits per heavy atom. The lowest BCUT2D eigenvalue weighted by molar-refractivity contribution is -0.137. The zero-order valence-electron chi connectivity index (χ0n) is 15.5. The van der Waals surface area contributed by atoms with Gasteiger partial charge in [-0.1, -0.05) is 17.8 Å². The number of thioether (sulfide) groups is 1. The largest absolute Gasteiger partial charge is 0.416 e. The molecule has 1 N–H and O–H groups in total. The second-order valence-corrected chi connectivity index (χ2v) is 8.20. The molecule has 0 aliphatic carbocycles. The molecular formula is C19H15F3N4O2S2. The van der Waals surface area contributed by atoms with E-state index in [1.807, 2.05) is 0 Å². The molecule has 2 aromatic heterocycles. The zero-order chi connectivity index (χ0) is 21.7. The van der Waals surface area contributed by atoms with Gasteiger partial charge in [0.1, 0.15) is 5.03 Å². The monoisotopic (exact) mass is 452 g/mol. The number of nitrogens with one attached hydrogen (secondary N) is 1. The number of halogens is 3. The maximum Gasteiger partial charge on any atom is 0.416 e. The zero-order valence-corrected chi connectivity index (χ0v) is 17.1. The molecule has 0 saturated carbocycles. The van der Waals surface area contributed by atoms with E-state index in [0.29, 0.717) is 16.5 Å². The van der Waals surface area contributed by atoms with Gasteiger partial charge in [0, 0.05) is 30.1 Å². The highest BCUT2D eigenvalue weighted by molar-refractivity contribution is 7.98. The number of alkyl halides is 3. The van der Waals surface area contributed by atoms with Crippen LogP contribution in [0.5, 0.6) is 0 Å². The van der Waals surface area contributed by atoms with E-state index in [2.05, 4.69) is 20.3 Å². The average Bonchev–Trinajstić information content (AvgIpc) is 2.72. The van der Waals surface area contributed by atoms with Crippen LogP contribution in [-0.2, 0) is 22.7 Å². The SMILES string of the molecule is CS(=O)c1nccc(CSc2ncccc2C(=O)Nc2cccc(C(F)(F)F)c2)n1. The highest BCUT2D eigenvalue weighted by Gasteiger charge is 2.30. The van der Waals surface area contributed by atoms with Crippen LogP contribution in [0.25, 0.3) is 0 Å². The summed E-state index contributed by atoms with van der Waals surface area (Å²) in [5, 5.41) is 3.07. The predicted octanol–water partition coefficient (Wildman–Crippen LogP) is 4.17. The fourth-order valence-electron chi connectivity index (χ4n) is 2.39. The fraction of sp³-hybridized carbons (Fsp3) is 0.158. The maximum atomic E-state index is 12.9. The first-order valence-corrected chi connectivity index (χ1v) is 11.0. The van der Waals surface area contributed by atoms with Crippen LogP contribution in [0.2, 0.25) is 0 Å². The van der Waals surface area contributed by atoms with Gasteiger partial charge in [-0.3, -0.25) is 9.00 Å². The molecule has 1 aromatic carbocycles.